The summed E-state index contributed by atoms with van der Waals surface area (Å²) in [4.78, 5) is 12.3. The first-order chi connectivity index (χ1) is 11.2. The number of benzene rings is 2. The Labute approximate surface area is 138 Å². The average Bonchev–Trinajstić information content (AvgIpc) is 2.57. The van der Waals surface area contributed by atoms with Crippen molar-refractivity contribution in [3.63, 3.8) is 0 Å². The monoisotopic (exact) mass is 372 g/mol. The van der Waals surface area contributed by atoms with Crippen LogP contribution in [0.1, 0.15) is 11.9 Å². The van der Waals surface area contributed by atoms with Gasteiger partial charge in [-0.2, -0.15) is 0 Å². The number of rotatable bonds is 2. The third kappa shape index (κ3) is 2.59. The number of fused-ring (bicyclic) bond motifs is 3. The van der Waals surface area contributed by atoms with E-state index in [-0.39, 0.29) is 20.6 Å². The van der Waals surface area contributed by atoms with Gasteiger partial charge in [-0.1, -0.05) is 0 Å². The molecular weight excluding hydrogens is 359 g/mol. The number of aliphatic hydroxyl groups is 1. The molecule has 1 unspecified atom stereocenters. The summed E-state index contributed by atoms with van der Waals surface area (Å²) in [6.45, 7) is 0. The minimum atomic E-state index is -1.13. The molecule has 0 saturated carbocycles. The van der Waals surface area contributed by atoms with Crippen LogP contribution in [0.15, 0.2) is 69.9 Å². The first-order valence-corrected chi connectivity index (χ1v) is 8.79. The van der Waals surface area contributed by atoms with E-state index in [0.29, 0.717) is 27.1 Å². The van der Waals surface area contributed by atoms with E-state index in [1.165, 1.54) is 0 Å². The van der Waals surface area contributed by atoms with Gasteiger partial charge in [-0.15, -0.1) is 0 Å². The fourth-order valence-corrected chi connectivity index (χ4v) is 4.29. The standard InChI is InChI=1S/C18H12O4Se/c19-17-13-10-15(23-11-6-2-1-3-7-11)18(20)22-16(13)12-8-4-5-9-14(12)21-17/h1-10,17,19H. The Morgan fingerprint density at radius 1 is 1.00 bits per heavy atom. The van der Waals surface area contributed by atoms with Gasteiger partial charge in [0.2, 0.25) is 0 Å². The number of hydrogen-bond donors (Lipinski definition) is 1. The van der Waals surface area contributed by atoms with Crippen LogP contribution in [0.25, 0.3) is 11.3 Å². The van der Waals surface area contributed by atoms with Crippen LogP contribution in [0.5, 0.6) is 5.75 Å². The quantitative estimate of drug-likeness (QED) is 0.691. The summed E-state index contributed by atoms with van der Waals surface area (Å²) in [5.41, 5.74) is 0.816. The van der Waals surface area contributed by atoms with Crippen LogP contribution >= 0.6 is 0 Å². The zero-order valence-electron chi connectivity index (χ0n) is 11.9. The second kappa shape index (κ2) is 5.70. The molecule has 1 aromatic heterocycles. The molecule has 3 aromatic rings. The Balaban J connectivity index is 1.82. The van der Waals surface area contributed by atoms with Crippen molar-refractivity contribution < 1.29 is 14.3 Å². The number of para-hydroxylation sites is 1. The van der Waals surface area contributed by atoms with Crippen LogP contribution in [0.4, 0.5) is 0 Å². The summed E-state index contributed by atoms with van der Waals surface area (Å²) in [6.07, 6.45) is -1.13. The summed E-state index contributed by atoms with van der Waals surface area (Å²) in [7, 11) is 0. The second-order valence-corrected chi connectivity index (χ2v) is 7.40. The topological polar surface area (TPSA) is 59.7 Å². The average molecular weight is 371 g/mol. The molecule has 114 valence electrons. The SMILES string of the molecule is O=c1oc2c(cc1[Se]c1ccccc1)C(O)Oc1ccccc1-2. The molecule has 0 spiro atoms. The van der Waals surface area contributed by atoms with Crippen LogP contribution in [-0.2, 0) is 0 Å². The van der Waals surface area contributed by atoms with E-state index in [0.717, 1.165) is 4.46 Å². The third-order valence-corrected chi connectivity index (χ3v) is 5.68. The Kier molecular flexibility index (Phi) is 3.54. The van der Waals surface area contributed by atoms with Crippen molar-refractivity contribution in [1.82, 2.24) is 0 Å². The van der Waals surface area contributed by atoms with Gasteiger partial charge in [-0.25, -0.2) is 0 Å². The van der Waals surface area contributed by atoms with E-state index in [1.807, 2.05) is 48.5 Å². The van der Waals surface area contributed by atoms with Crippen molar-refractivity contribution in [2.75, 3.05) is 0 Å². The van der Waals surface area contributed by atoms with E-state index in [1.54, 1.807) is 12.1 Å². The van der Waals surface area contributed by atoms with Crippen molar-refractivity contribution in [2.24, 2.45) is 0 Å². The van der Waals surface area contributed by atoms with E-state index >= 15 is 0 Å². The van der Waals surface area contributed by atoms with Crippen molar-refractivity contribution in [1.29, 1.82) is 0 Å². The Hall–Kier alpha value is -2.33. The maximum atomic E-state index is 12.3. The van der Waals surface area contributed by atoms with Crippen molar-refractivity contribution in [3.05, 3.63) is 76.6 Å². The summed E-state index contributed by atoms with van der Waals surface area (Å²) >= 11 is -0.187. The summed E-state index contributed by atoms with van der Waals surface area (Å²) in [5, 5.41) is 10.2. The Morgan fingerprint density at radius 2 is 1.74 bits per heavy atom. The summed E-state index contributed by atoms with van der Waals surface area (Å²) in [6, 6.07) is 18.7. The van der Waals surface area contributed by atoms with Gasteiger partial charge in [-0.3, -0.25) is 0 Å². The normalized spacial score (nSPS) is 15.4. The van der Waals surface area contributed by atoms with Crippen molar-refractivity contribution in [3.8, 4) is 17.1 Å². The number of aliphatic hydroxyl groups excluding tert-OH is 1. The van der Waals surface area contributed by atoms with Crippen LogP contribution < -0.4 is 19.3 Å². The molecule has 1 aliphatic rings. The van der Waals surface area contributed by atoms with Crippen LogP contribution in [-0.4, -0.2) is 20.1 Å². The van der Waals surface area contributed by atoms with Crippen molar-refractivity contribution >= 4 is 23.9 Å². The minimum absolute atomic E-state index is 0.187. The molecule has 0 radical (unpaired) electrons. The predicted molar refractivity (Wildman–Crippen MR) is 87.5 cm³/mol. The molecule has 2 heterocycles. The Morgan fingerprint density at radius 3 is 2.57 bits per heavy atom. The second-order valence-electron chi connectivity index (χ2n) is 5.06. The van der Waals surface area contributed by atoms with Gasteiger partial charge in [0.25, 0.3) is 0 Å². The molecule has 1 atom stereocenters. The molecular formula is C18H12O4Se. The zero-order chi connectivity index (χ0) is 15.8. The molecule has 0 aliphatic carbocycles. The fraction of sp³-hybridized carbons (Fsp3) is 0.0556. The fourth-order valence-electron chi connectivity index (χ4n) is 2.49. The van der Waals surface area contributed by atoms with Gasteiger partial charge >= 0.3 is 138 Å². The van der Waals surface area contributed by atoms with Gasteiger partial charge in [0, 0.05) is 0 Å². The van der Waals surface area contributed by atoms with Crippen LogP contribution in [0.3, 0.4) is 0 Å². The predicted octanol–water partition coefficient (Wildman–Crippen LogP) is 1.35. The van der Waals surface area contributed by atoms with Crippen LogP contribution in [0, 0.1) is 0 Å². The van der Waals surface area contributed by atoms with Crippen LogP contribution in [0.2, 0.25) is 0 Å². The molecule has 4 rings (SSSR count). The van der Waals surface area contributed by atoms with Gasteiger partial charge in [-0.05, 0) is 0 Å². The molecule has 5 heteroatoms. The first-order valence-electron chi connectivity index (χ1n) is 7.07. The first kappa shape index (κ1) is 14.3. The van der Waals surface area contributed by atoms with Gasteiger partial charge in [0.15, 0.2) is 0 Å². The van der Waals surface area contributed by atoms with E-state index in [2.05, 4.69) is 0 Å². The van der Waals surface area contributed by atoms with Gasteiger partial charge in [0.1, 0.15) is 0 Å². The molecule has 2 aromatic carbocycles. The molecule has 1 N–H and O–H groups in total. The molecule has 0 saturated heterocycles. The van der Waals surface area contributed by atoms with E-state index in [9.17, 15) is 9.90 Å². The summed E-state index contributed by atoms with van der Waals surface area (Å²) < 4.78 is 12.7. The molecule has 4 nitrogen and oxygen atoms in total. The maximum absolute atomic E-state index is 12.3. The Bertz CT molecular complexity index is 918. The number of ether oxygens (including phenoxy) is 1. The molecule has 0 bridgehead atoms. The van der Waals surface area contributed by atoms with E-state index < -0.39 is 6.29 Å². The zero-order valence-corrected chi connectivity index (χ0v) is 13.6. The van der Waals surface area contributed by atoms with Gasteiger partial charge in [0.05, 0.1) is 0 Å². The van der Waals surface area contributed by atoms with Crippen molar-refractivity contribution in [2.45, 2.75) is 6.29 Å². The molecule has 23 heavy (non-hydrogen) atoms. The number of hydrogen-bond acceptors (Lipinski definition) is 4. The molecule has 0 amide bonds. The molecule has 1 aliphatic heterocycles. The molecule has 0 fully saturated rings. The van der Waals surface area contributed by atoms with E-state index in [4.69, 9.17) is 9.15 Å². The third-order valence-electron chi connectivity index (χ3n) is 3.55. The van der Waals surface area contributed by atoms with Gasteiger partial charge < -0.3 is 0 Å². The summed E-state index contributed by atoms with van der Waals surface area (Å²) in [5.74, 6) is 0.897.